The van der Waals surface area contributed by atoms with Crippen molar-refractivity contribution >= 4 is 21.6 Å². The second-order valence-corrected chi connectivity index (χ2v) is 5.98. The molecule has 20 heavy (non-hydrogen) atoms. The first-order valence-electron chi connectivity index (χ1n) is 6.96. The first-order valence-corrected chi connectivity index (χ1v) is 7.76. The average Bonchev–Trinajstić information content (AvgIpc) is 2.88. The minimum Gasteiger partial charge on any atom is -0.312 e. The Kier molecular flexibility index (Phi) is 5.51. The molecule has 1 saturated heterocycles. The number of nitrogens with one attached hydrogen (secondary N) is 1. The Morgan fingerprint density at radius 3 is 3.00 bits per heavy atom. The lowest BCUT2D eigenvalue weighted by Gasteiger charge is -2.14. The third-order valence-corrected chi connectivity index (χ3v) is 4.74. The molecule has 1 unspecified atom stereocenters. The highest BCUT2D eigenvalue weighted by Crippen LogP contribution is 2.28. The van der Waals surface area contributed by atoms with E-state index in [2.05, 4.69) is 33.1 Å². The number of hydrogen-bond donors (Lipinski definition) is 1. The van der Waals surface area contributed by atoms with Crippen molar-refractivity contribution in [1.29, 1.82) is 0 Å². The lowest BCUT2D eigenvalue weighted by atomic mass is 10.1. The topological polar surface area (TPSA) is 58.4 Å². The van der Waals surface area contributed by atoms with Crippen LogP contribution in [0.15, 0.2) is 22.7 Å². The molecule has 0 aromatic heterocycles. The zero-order chi connectivity index (χ0) is 14.5. The van der Waals surface area contributed by atoms with Gasteiger partial charge in [0, 0.05) is 19.2 Å². The summed E-state index contributed by atoms with van der Waals surface area (Å²) in [6.45, 7) is 7.27. The van der Waals surface area contributed by atoms with Gasteiger partial charge in [-0.1, -0.05) is 19.1 Å². The summed E-state index contributed by atoms with van der Waals surface area (Å²) in [6, 6.07) is 5.16. The SMILES string of the molecule is CCN1CCC(CNCc2cccc([N+](=O)[O-])c2Br)C1. The highest BCUT2D eigenvalue weighted by molar-refractivity contribution is 9.10. The average molecular weight is 342 g/mol. The number of nitro groups is 1. The van der Waals surface area contributed by atoms with Crippen molar-refractivity contribution in [2.24, 2.45) is 5.92 Å². The first kappa shape index (κ1) is 15.4. The quantitative estimate of drug-likeness (QED) is 0.638. The molecule has 0 aliphatic carbocycles. The van der Waals surface area contributed by atoms with Crippen LogP contribution in [0.5, 0.6) is 0 Å². The van der Waals surface area contributed by atoms with Crippen molar-refractivity contribution in [1.82, 2.24) is 10.2 Å². The second kappa shape index (κ2) is 7.15. The van der Waals surface area contributed by atoms with Crippen LogP contribution in [0, 0.1) is 16.0 Å². The molecule has 1 fully saturated rings. The summed E-state index contributed by atoms with van der Waals surface area (Å²) < 4.78 is 0.583. The molecule has 0 bridgehead atoms. The minimum atomic E-state index is -0.357. The summed E-state index contributed by atoms with van der Waals surface area (Å²) >= 11 is 3.33. The van der Waals surface area contributed by atoms with Crippen molar-refractivity contribution in [3.8, 4) is 0 Å². The zero-order valence-electron chi connectivity index (χ0n) is 11.6. The van der Waals surface area contributed by atoms with Gasteiger partial charge in [0.25, 0.3) is 5.69 Å². The molecule has 1 N–H and O–H groups in total. The van der Waals surface area contributed by atoms with Crippen molar-refractivity contribution in [2.75, 3.05) is 26.2 Å². The Morgan fingerprint density at radius 1 is 1.55 bits per heavy atom. The lowest BCUT2D eigenvalue weighted by molar-refractivity contribution is -0.385. The number of nitro benzene ring substituents is 1. The summed E-state index contributed by atoms with van der Waals surface area (Å²) in [5.41, 5.74) is 1.06. The van der Waals surface area contributed by atoms with Gasteiger partial charge in [0.15, 0.2) is 0 Å². The number of benzene rings is 1. The zero-order valence-corrected chi connectivity index (χ0v) is 13.2. The number of halogens is 1. The van der Waals surface area contributed by atoms with Crippen LogP contribution < -0.4 is 5.32 Å². The van der Waals surface area contributed by atoms with Gasteiger partial charge in [0.1, 0.15) is 0 Å². The van der Waals surface area contributed by atoms with Crippen molar-refractivity contribution in [3.63, 3.8) is 0 Å². The Hall–Kier alpha value is -0.980. The maximum atomic E-state index is 10.9. The normalized spacial score (nSPS) is 19.4. The van der Waals surface area contributed by atoms with Gasteiger partial charge in [-0.2, -0.15) is 0 Å². The van der Waals surface area contributed by atoms with Crippen LogP contribution >= 0.6 is 15.9 Å². The van der Waals surface area contributed by atoms with Gasteiger partial charge in [-0.25, -0.2) is 0 Å². The summed E-state index contributed by atoms with van der Waals surface area (Å²) in [5, 5.41) is 14.3. The van der Waals surface area contributed by atoms with Crippen molar-refractivity contribution in [2.45, 2.75) is 19.9 Å². The van der Waals surface area contributed by atoms with E-state index >= 15 is 0 Å². The molecule has 1 heterocycles. The molecule has 0 spiro atoms. The molecule has 1 aliphatic rings. The maximum Gasteiger partial charge on any atom is 0.283 e. The van der Waals surface area contributed by atoms with Gasteiger partial charge in [-0.3, -0.25) is 10.1 Å². The Bertz CT molecular complexity index is 481. The van der Waals surface area contributed by atoms with E-state index in [0.717, 1.165) is 25.2 Å². The highest BCUT2D eigenvalue weighted by atomic mass is 79.9. The second-order valence-electron chi connectivity index (χ2n) is 5.19. The summed E-state index contributed by atoms with van der Waals surface area (Å²) in [5.74, 6) is 0.687. The molecule has 1 aromatic rings. The minimum absolute atomic E-state index is 0.127. The van der Waals surface area contributed by atoms with Crippen LogP contribution in [0.2, 0.25) is 0 Å². The van der Waals surface area contributed by atoms with E-state index in [-0.39, 0.29) is 10.6 Å². The van der Waals surface area contributed by atoms with E-state index in [1.807, 2.05) is 6.07 Å². The van der Waals surface area contributed by atoms with Crippen molar-refractivity contribution < 1.29 is 4.92 Å². The molecule has 1 aliphatic heterocycles. The molecule has 1 aromatic carbocycles. The van der Waals surface area contributed by atoms with E-state index in [4.69, 9.17) is 0 Å². The maximum absolute atomic E-state index is 10.9. The van der Waals surface area contributed by atoms with Gasteiger partial charge >= 0.3 is 0 Å². The molecule has 110 valence electrons. The summed E-state index contributed by atoms with van der Waals surface area (Å²) in [7, 11) is 0. The van der Waals surface area contributed by atoms with E-state index in [1.54, 1.807) is 6.07 Å². The van der Waals surface area contributed by atoms with Crippen LogP contribution in [0.4, 0.5) is 5.69 Å². The van der Waals surface area contributed by atoms with E-state index in [0.29, 0.717) is 16.9 Å². The molecule has 2 rings (SSSR count). The third kappa shape index (κ3) is 3.77. The largest absolute Gasteiger partial charge is 0.312 e. The standard InChI is InChI=1S/C14H20BrN3O2/c1-2-17-7-6-11(10-17)8-16-9-12-4-3-5-13(14(12)15)18(19)20/h3-5,11,16H,2,6-10H2,1H3. The van der Waals surface area contributed by atoms with Gasteiger partial charge in [-0.15, -0.1) is 0 Å². The molecule has 1 atom stereocenters. The van der Waals surface area contributed by atoms with E-state index < -0.39 is 0 Å². The smallest absolute Gasteiger partial charge is 0.283 e. The molecule has 5 nitrogen and oxygen atoms in total. The van der Waals surface area contributed by atoms with Crippen LogP contribution in [-0.2, 0) is 6.54 Å². The first-order chi connectivity index (χ1) is 9.61. The molecule has 0 amide bonds. The fourth-order valence-corrected chi connectivity index (χ4v) is 3.17. The van der Waals surface area contributed by atoms with Gasteiger partial charge in [0.05, 0.1) is 9.40 Å². The van der Waals surface area contributed by atoms with Crippen molar-refractivity contribution in [3.05, 3.63) is 38.3 Å². The Balaban J connectivity index is 1.86. The fourth-order valence-electron chi connectivity index (χ4n) is 2.62. The van der Waals surface area contributed by atoms with E-state index in [1.165, 1.54) is 19.0 Å². The van der Waals surface area contributed by atoms with Crippen LogP contribution in [0.25, 0.3) is 0 Å². The van der Waals surface area contributed by atoms with Gasteiger partial charge in [-0.05, 0) is 53.5 Å². The van der Waals surface area contributed by atoms with Gasteiger partial charge in [0.2, 0.25) is 0 Å². The van der Waals surface area contributed by atoms with Crippen LogP contribution in [0.1, 0.15) is 18.9 Å². The number of hydrogen-bond acceptors (Lipinski definition) is 4. The molecular formula is C14H20BrN3O2. The Morgan fingerprint density at radius 2 is 2.35 bits per heavy atom. The van der Waals surface area contributed by atoms with Crippen LogP contribution in [-0.4, -0.2) is 36.0 Å². The summed E-state index contributed by atoms with van der Waals surface area (Å²) in [6.07, 6.45) is 1.23. The number of nitrogens with zero attached hydrogens (tertiary/aromatic N) is 2. The predicted molar refractivity (Wildman–Crippen MR) is 82.7 cm³/mol. The predicted octanol–water partition coefficient (Wildman–Crippen LogP) is 2.79. The Labute approximate surface area is 127 Å². The van der Waals surface area contributed by atoms with E-state index in [9.17, 15) is 10.1 Å². The molecule has 6 heteroatoms. The molecular weight excluding hydrogens is 322 g/mol. The van der Waals surface area contributed by atoms with Crippen LogP contribution in [0.3, 0.4) is 0 Å². The lowest BCUT2D eigenvalue weighted by Crippen LogP contribution is -2.26. The monoisotopic (exact) mass is 341 g/mol. The fraction of sp³-hybridized carbons (Fsp3) is 0.571. The van der Waals surface area contributed by atoms with Gasteiger partial charge < -0.3 is 10.2 Å². The third-order valence-electron chi connectivity index (χ3n) is 3.82. The number of likely N-dealkylation sites (tertiary alicyclic amines) is 1. The molecule has 0 saturated carbocycles. The number of rotatable bonds is 6. The molecule has 0 radical (unpaired) electrons. The summed E-state index contributed by atoms with van der Waals surface area (Å²) in [4.78, 5) is 13.0. The highest BCUT2D eigenvalue weighted by Gasteiger charge is 2.21.